The van der Waals surface area contributed by atoms with Crippen LogP contribution in [0.3, 0.4) is 0 Å². The highest BCUT2D eigenvalue weighted by molar-refractivity contribution is 8.02. The number of allylic oxidation sites excluding steroid dienone is 1. The van der Waals surface area contributed by atoms with Gasteiger partial charge in [-0.05, 0) is 47.2 Å². The van der Waals surface area contributed by atoms with Crippen molar-refractivity contribution in [1.29, 1.82) is 0 Å². The van der Waals surface area contributed by atoms with E-state index in [1.165, 1.54) is 5.56 Å². The normalized spacial score (nSPS) is 19.1. The Morgan fingerprint density at radius 1 is 1.23 bits per heavy atom. The van der Waals surface area contributed by atoms with Gasteiger partial charge in [-0.1, -0.05) is 12.1 Å². The van der Waals surface area contributed by atoms with E-state index in [0.29, 0.717) is 18.3 Å². The average molecular weight is 440 g/mol. The number of hydrogen-bond acceptors (Lipinski definition) is 6. The van der Waals surface area contributed by atoms with Gasteiger partial charge in [-0.15, -0.1) is 11.8 Å². The van der Waals surface area contributed by atoms with E-state index in [1.54, 1.807) is 11.8 Å². The molecular formula is C24H29N3O3S. The van der Waals surface area contributed by atoms with Gasteiger partial charge < -0.3 is 14.8 Å². The Kier molecular flexibility index (Phi) is 7.98. The minimum absolute atomic E-state index is 0.00620. The second-order valence-electron chi connectivity index (χ2n) is 7.78. The summed E-state index contributed by atoms with van der Waals surface area (Å²) in [5.74, 6) is 0.826. The summed E-state index contributed by atoms with van der Waals surface area (Å²) in [6.45, 7) is 5.36. The van der Waals surface area contributed by atoms with Crippen molar-refractivity contribution in [2.75, 3.05) is 39.5 Å². The van der Waals surface area contributed by atoms with Crippen LogP contribution in [0.4, 0.5) is 0 Å². The molecule has 0 radical (unpaired) electrons. The largest absolute Gasteiger partial charge is 0.494 e. The summed E-state index contributed by atoms with van der Waals surface area (Å²) in [7, 11) is 0. The molecule has 0 spiro atoms. The lowest BCUT2D eigenvalue weighted by Gasteiger charge is -2.26. The summed E-state index contributed by atoms with van der Waals surface area (Å²) in [6, 6.07) is 11.9. The average Bonchev–Trinajstić information content (AvgIpc) is 3.27. The fourth-order valence-electron chi connectivity index (χ4n) is 3.77. The first-order valence-electron chi connectivity index (χ1n) is 10.8. The summed E-state index contributed by atoms with van der Waals surface area (Å²) in [6.07, 6.45) is 5.77. The molecule has 4 rings (SSSR count). The number of aromatic nitrogens is 1. The van der Waals surface area contributed by atoms with Crippen molar-refractivity contribution in [3.05, 3.63) is 71.0 Å². The number of nitrogens with one attached hydrogen (secondary N) is 1. The number of benzene rings is 1. The Morgan fingerprint density at radius 3 is 2.90 bits per heavy atom. The van der Waals surface area contributed by atoms with Gasteiger partial charge in [0.05, 0.1) is 26.2 Å². The topological polar surface area (TPSA) is 63.7 Å². The monoisotopic (exact) mass is 439 g/mol. The first kappa shape index (κ1) is 21.9. The van der Waals surface area contributed by atoms with E-state index < -0.39 is 0 Å². The zero-order chi connectivity index (χ0) is 21.3. The standard InChI is InChI=1S/C24H29N3O3S/c28-24(26-21-17-23(31-18-21)20-5-7-25-8-6-20)16-19-3-1-4-22(15-19)30-12-2-9-27-10-13-29-14-11-27/h1,3-8,15,18,23H,2,9-14,16-17H2,(H,26,28). The first-order chi connectivity index (χ1) is 15.3. The van der Waals surface area contributed by atoms with Crippen molar-refractivity contribution in [3.63, 3.8) is 0 Å². The van der Waals surface area contributed by atoms with Crippen LogP contribution in [0.1, 0.15) is 29.2 Å². The molecule has 3 heterocycles. The first-order valence-corrected chi connectivity index (χ1v) is 11.8. The molecule has 2 aromatic rings. The second kappa shape index (κ2) is 11.3. The molecular weight excluding hydrogens is 410 g/mol. The number of carbonyl (C=O) groups is 1. The molecule has 0 aliphatic carbocycles. The van der Waals surface area contributed by atoms with Gasteiger partial charge in [0.25, 0.3) is 0 Å². The third-order valence-electron chi connectivity index (χ3n) is 5.41. The van der Waals surface area contributed by atoms with Crippen LogP contribution < -0.4 is 10.1 Å². The number of rotatable bonds is 9. The molecule has 0 saturated carbocycles. The van der Waals surface area contributed by atoms with Gasteiger partial charge in [-0.2, -0.15) is 0 Å². The maximum Gasteiger partial charge on any atom is 0.228 e. The summed E-state index contributed by atoms with van der Waals surface area (Å²) in [5.41, 5.74) is 3.17. The van der Waals surface area contributed by atoms with Gasteiger partial charge in [0.1, 0.15) is 5.75 Å². The Bertz CT molecular complexity index is 885. The van der Waals surface area contributed by atoms with Crippen LogP contribution in [0, 0.1) is 0 Å². The molecule has 1 aromatic heterocycles. The third kappa shape index (κ3) is 6.82. The van der Waals surface area contributed by atoms with Gasteiger partial charge in [-0.25, -0.2) is 0 Å². The van der Waals surface area contributed by atoms with Gasteiger partial charge in [-0.3, -0.25) is 14.7 Å². The van der Waals surface area contributed by atoms with Gasteiger partial charge in [0.2, 0.25) is 5.91 Å². The lowest BCUT2D eigenvalue weighted by molar-refractivity contribution is -0.119. The number of ether oxygens (including phenoxy) is 2. The molecule has 2 aliphatic heterocycles. The van der Waals surface area contributed by atoms with Crippen molar-refractivity contribution in [3.8, 4) is 5.75 Å². The van der Waals surface area contributed by atoms with E-state index in [9.17, 15) is 4.79 Å². The maximum atomic E-state index is 12.5. The zero-order valence-corrected chi connectivity index (χ0v) is 18.5. The third-order valence-corrected chi connectivity index (χ3v) is 6.60. The number of pyridine rings is 1. The van der Waals surface area contributed by atoms with Crippen molar-refractivity contribution in [1.82, 2.24) is 15.2 Å². The van der Waals surface area contributed by atoms with Gasteiger partial charge >= 0.3 is 0 Å². The number of morpholine rings is 1. The number of carbonyl (C=O) groups excluding carboxylic acids is 1. The van der Waals surface area contributed by atoms with E-state index >= 15 is 0 Å². The Labute approximate surface area is 188 Å². The Hall–Kier alpha value is -2.35. The Morgan fingerprint density at radius 2 is 2.06 bits per heavy atom. The smallest absolute Gasteiger partial charge is 0.228 e. The minimum Gasteiger partial charge on any atom is -0.494 e. The van der Waals surface area contributed by atoms with Crippen LogP contribution in [0.25, 0.3) is 0 Å². The molecule has 1 aromatic carbocycles. The minimum atomic E-state index is 0.00620. The predicted octanol–water partition coefficient (Wildman–Crippen LogP) is 3.56. The van der Waals surface area contributed by atoms with E-state index in [-0.39, 0.29) is 5.91 Å². The SMILES string of the molecule is O=C(Cc1cccc(OCCCN2CCOCC2)c1)NC1=CSC(c2ccncc2)C1. The van der Waals surface area contributed by atoms with Gasteiger partial charge in [0.15, 0.2) is 0 Å². The van der Waals surface area contributed by atoms with Crippen LogP contribution in [-0.4, -0.2) is 55.2 Å². The highest BCUT2D eigenvalue weighted by Gasteiger charge is 2.21. The molecule has 2 aliphatic rings. The molecule has 0 bridgehead atoms. The van der Waals surface area contributed by atoms with Crippen molar-refractivity contribution < 1.29 is 14.3 Å². The lowest BCUT2D eigenvalue weighted by atomic mass is 10.1. The molecule has 1 saturated heterocycles. The second-order valence-corrected chi connectivity index (χ2v) is 8.86. The zero-order valence-electron chi connectivity index (χ0n) is 17.7. The van der Waals surface area contributed by atoms with Crippen LogP contribution in [-0.2, 0) is 16.0 Å². The molecule has 6 nitrogen and oxygen atoms in total. The summed E-state index contributed by atoms with van der Waals surface area (Å²) < 4.78 is 11.3. The molecule has 7 heteroatoms. The lowest BCUT2D eigenvalue weighted by Crippen LogP contribution is -2.37. The molecule has 164 valence electrons. The predicted molar refractivity (Wildman–Crippen MR) is 123 cm³/mol. The maximum absolute atomic E-state index is 12.5. The number of hydrogen-bond donors (Lipinski definition) is 1. The molecule has 1 atom stereocenters. The molecule has 1 N–H and O–H groups in total. The molecule has 1 fully saturated rings. The van der Waals surface area contributed by atoms with Gasteiger partial charge in [0, 0.05) is 49.4 Å². The van der Waals surface area contributed by atoms with E-state index in [2.05, 4.69) is 20.6 Å². The van der Waals surface area contributed by atoms with E-state index in [4.69, 9.17) is 9.47 Å². The quantitative estimate of drug-likeness (QED) is 0.603. The molecule has 1 unspecified atom stereocenters. The number of amides is 1. The summed E-state index contributed by atoms with van der Waals surface area (Å²) in [5, 5.41) is 5.46. The fourth-order valence-corrected chi connectivity index (χ4v) is 4.85. The number of nitrogens with zero attached hydrogens (tertiary/aromatic N) is 2. The van der Waals surface area contributed by atoms with E-state index in [1.807, 2.05) is 48.8 Å². The fraction of sp³-hybridized carbons (Fsp3) is 0.417. The molecule has 1 amide bonds. The van der Waals surface area contributed by atoms with Crippen LogP contribution in [0.5, 0.6) is 5.75 Å². The number of thioether (sulfide) groups is 1. The van der Waals surface area contributed by atoms with Crippen molar-refractivity contribution in [2.45, 2.75) is 24.5 Å². The highest BCUT2D eigenvalue weighted by Crippen LogP contribution is 2.41. The Balaban J connectivity index is 1.19. The van der Waals surface area contributed by atoms with Crippen molar-refractivity contribution >= 4 is 17.7 Å². The van der Waals surface area contributed by atoms with Crippen molar-refractivity contribution in [2.24, 2.45) is 0 Å². The molecule has 31 heavy (non-hydrogen) atoms. The van der Waals surface area contributed by atoms with Crippen LogP contribution >= 0.6 is 11.8 Å². The highest BCUT2D eigenvalue weighted by atomic mass is 32.2. The van der Waals surface area contributed by atoms with Crippen LogP contribution in [0.15, 0.2) is 59.9 Å². The van der Waals surface area contributed by atoms with E-state index in [0.717, 1.165) is 62.7 Å². The van der Waals surface area contributed by atoms with Crippen LogP contribution in [0.2, 0.25) is 0 Å². The summed E-state index contributed by atoms with van der Waals surface area (Å²) in [4.78, 5) is 19.0. The summed E-state index contributed by atoms with van der Waals surface area (Å²) >= 11 is 1.74.